The Bertz CT molecular complexity index is 347. The van der Waals surface area contributed by atoms with Crippen molar-refractivity contribution in [1.82, 2.24) is 0 Å². The molecule has 16 heavy (non-hydrogen) atoms. The molecule has 0 aliphatic carbocycles. The highest BCUT2D eigenvalue weighted by molar-refractivity contribution is 6.17. The van der Waals surface area contributed by atoms with Crippen molar-refractivity contribution in [3.05, 3.63) is 11.4 Å². The van der Waals surface area contributed by atoms with Crippen LogP contribution >= 0.6 is 0 Å². The van der Waals surface area contributed by atoms with Crippen molar-refractivity contribution in [2.45, 2.75) is 20.3 Å². The molecule has 0 aromatic carbocycles. The highest BCUT2D eigenvalue weighted by Gasteiger charge is 2.05. The quantitative estimate of drug-likeness (QED) is 0.631. The van der Waals surface area contributed by atoms with E-state index in [-0.39, 0.29) is 0 Å². The first kappa shape index (κ1) is 12.4. The van der Waals surface area contributed by atoms with Crippen molar-refractivity contribution in [1.29, 1.82) is 0 Å². The molecule has 1 aliphatic heterocycles. The largest absolute Gasteiger partial charge is 0.400 e. The first-order valence-corrected chi connectivity index (χ1v) is 5.40. The van der Waals surface area contributed by atoms with Crippen molar-refractivity contribution in [3.63, 3.8) is 0 Å². The first-order chi connectivity index (χ1) is 7.61. The molecule has 1 rings (SSSR count). The van der Waals surface area contributed by atoms with Crippen LogP contribution in [0.1, 0.15) is 20.3 Å². The summed E-state index contributed by atoms with van der Waals surface area (Å²) in [6.45, 7) is 5.38. The first-order valence-electron chi connectivity index (χ1n) is 5.40. The molecule has 0 saturated carbocycles. The molecule has 5 nitrogen and oxygen atoms in total. The average Bonchev–Trinajstić information content (AvgIpc) is 2.24. The molecule has 0 radical (unpaired) electrons. The summed E-state index contributed by atoms with van der Waals surface area (Å²) in [6.07, 6.45) is 4.25. The number of amidine groups is 1. The molecule has 0 aromatic rings. The van der Waals surface area contributed by atoms with E-state index in [1.807, 2.05) is 0 Å². The summed E-state index contributed by atoms with van der Waals surface area (Å²) in [6, 6.07) is 0. The summed E-state index contributed by atoms with van der Waals surface area (Å²) in [4.78, 5) is 12.7. The Hall–Kier alpha value is -1.65. The lowest BCUT2D eigenvalue weighted by molar-refractivity contribution is 0.556. The predicted octanol–water partition coefficient (Wildman–Crippen LogP) is 0.715. The second-order valence-corrected chi connectivity index (χ2v) is 3.98. The van der Waals surface area contributed by atoms with Gasteiger partial charge >= 0.3 is 0 Å². The third kappa shape index (κ3) is 3.84. The van der Waals surface area contributed by atoms with Gasteiger partial charge in [-0.05, 0) is 19.3 Å². The maximum atomic E-state index is 5.82. The van der Waals surface area contributed by atoms with Crippen LogP contribution in [-0.2, 0) is 0 Å². The van der Waals surface area contributed by atoms with Gasteiger partial charge in [-0.2, -0.15) is 0 Å². The highest BCUT2D eigenvalue weighted by Crippen LogP contribution is 2.05. The topological polar surface area (TPSA) is 89.1 Å². The van der Waals surface area contributed by atoms with E-state index in [1.165, 1.54) is 0 Å². The molecule has 0 bridgehead atoms. The van der Waals surface area contributed by atoms with Gasteiger partial charge < -0.3 is 11.5 Å². The zero-order chi connectivity index (χ0) is 12.0. The number of rotatable bonds is 0. The summed E-state index contributed by atoms with van der Waals surface area (Å²) in [5.74, 6) is 0.907. The van der Waals surface area contributed by atoms with Gasteiger partial charge in [-0.15, -0.1) is 0 Å². The second kappa shape index (κ2) is 6.05. The van der Waals surface area contributed by atoms with Crippen LogP contribution < -0.4 is 11.5 Å². The third-order valence-electron chi connectivity index (χ3n) is 2.31. The molecule has 88 valence electrons. The lowest BCUT2D eigenvalue weighted by Gasteiger charge is -2.06. The fraction of sp³-hybridized carbons (Fsp3) is 0.545. The van der Waals surface area contributed by atoms with Crippen LogP contribution in [0.3, 0.4) is 0 Å². The summed E-state index contributed by atoms with van der Waals surface area (Å²) in [7, 11) is 0. The number of aliphatic imine (C=N–C) groups is 3. The van der Waals surface area contributed by atoms with Crippen molar-refractivity contribution >= 4 is 18.3 Å². The van der Waals surface area contributed by atoms with E-state index in [2.05, 4.69) is 21.9 Å². The predicted molar refractivity (Wildman–Crippen MR) is 69.0 cm³/mol. The Balaban J connectivity index is 2.94. The van der Waals surface area contributed by atoms with Crippen LogP contribution in [0, 0.1) is 5.92 Å². The van der Waals surface area contributed by atoms with Crippen LogP contribution in [-0.4, -0.2) is 31.4 Å². The molecule has 0 spiro atoms. The Kier molecular flexibility index (Phi) is 4.69. The van der Waals surface area contributed by atoms with Gasteiger partial charge in [0.15, 0.2) is 0 Å². The monoisotopic (exact) mass is 221 g/mol. The molecule has 0 aromatic heterocycles. The van der Waals surface area contributed by atoms with Crippen molar-refractivity contribution in [3.8, 4) is 0 Å². The zero-order valence-electron chi connectivity index (χ0n) is 9.85. The highest BCUT2D eigenvalue weighted by atomic mass is 14.9. The summed E-state index contributed by atoms with van der Waals surface area (Å²) in [5.41, 5.74) is 12.6. The van der Waals surface area contributed by atoms with E-state index in [0.717, 1.165) is 13.0 Å². The van der Waals surface area contributed by atoms with Crippen molar-refractivity contribution < 1.29 is 0 Å². The maximum absolute atomic E-state index is 5.82. The van der Waals surface area contributed by atoms with Crippen molar-refractivity contribution in [2.24, 2.45) is 32.4 Å². The third-order valence-corrected chi connectivity index (χ3v) is 2.31. The Morgan fingerprint density at radius 1 is 1.44 bits per heavy atom. The lowest BCUT2D eigenvalue weighted by Crippen LogP contribution is -2.18. The normalized spacial score (nSPS) is 25.9. The minimum absolute atomic E-state index is 0.402. The Labute approximate surface area is 96.1 Å². The molecule has 1 aliphatic rings. The van der Waals surface area contributed by atoms with Crippen LogP contribution in [0.15, 0.2) is 26.4 Å². The van der Waals surface area contributed by atoms with Gasteiger partial charge in [0.2, 0.25) is 0 Å². The fourth-order valence-electron chi connectivity index (χ4n) is 1.34. The van der Waals surface area contributed by atoms with E-state index < -0.39 is 0 Å². The number of hydrogen-bond donors (Lipinski definition) is 2. The summed E-state index contributed by atoms with van der Waals surface area (Å²) < 4.78 is 0. The molecule has 0 amide bonds. The van der Waals surface area contributed by atoms with Gasteiger partial charge in [0, 0.05) is 31.2 Å². The zero-order valence-corrected chi connectivity index (χ0v) is 9.85. The molecular weight excluding hydrogens is 202 g/mol. The van der Waals surface area contributed by atoms with Crippen LogP contribution in [0.2, 0.25) is 0 Å². The molecule has 1 unspecified atom stereocenters. The molecule has 0 fully saturated rings. The van der Waals surface area contributed by atoms with Crippen LogP contribution in [0.25, 0.3) is 0 Å². The van der Waals surface area contributed by atoms with E-state index in [0.29, 0.717) is 29.7 Å². The van der Waals surface area contributed by atoms with E-state index in [4.69, 9.17) is 11.5 Å². The molecular formula is C11H19N5. The fourth-order valence-corrected chi connectivity index (χ4v) is 1.34. The van der Waals surface area contributed by atoms with Gasteiger partial charge in [-0.1, -0.05) is 6.92 Å². The standard InChI is InChI=1S/C11H19N5/c1-8-3-4-16-11(13)10(9(2)12)15-6-5-14-7-8/h5-6,8H,3-4,7,12H2,1-2H3,(H2,13,16). The summed E-state index contributed by atoms with van der Waals surface area (Å²) in [5, 5.41) is 0. The molecule has 5 heteroatoms. The van der Waals surface area contributed by atoms with Gasteiger partial charge in [-0.3, -0.25) is 9.98 Å². The van der Waals surface area contributed by atoms with Gasteiger partial charge in [-0.25, -0.2) is 4.99 Å². The number of allylic oxidation sites excluding steroid dienone is 1. The maximum Gasteiger partial charge on any atom is 0.146 e. The van der Waals surface area contributed by atoms with Crippen LogP contribution in [0.4, 0.5) is 0 Å². The van der Waals surface area contributed by atoms with Gasteiger partial charge in [0.05, 0.1) is 0 Å². The minimum atomic E-state index is 0.402. The lowest BCUT2D eigenvalue weighted by atomic mass is 10.1. The SMILES string of the molecule is CC(N)=C1N=CC=NCC(C)CCN=C1N. The minimum Gasteiger partial charge on any atom is -0.400 e. The molecule has 1 atom stereocenters. The molecule has 4 N–H and O–H groups in total. The number of nitrogens with two attached hydrogens (primary N) is 2. The van der Waals surface area contributed by atoms with E-state index in [1.54, 1.807) is 19.4 Å². The Morgan fingerprint density at radius 3 is 2.88 bits per heavy atom. The average molecular weight is 221 g/mol. The smallest absolute Gasteiger partial charge is 0.146 e. The Morgan fingerprint density at radius 2 is 2.19 bits per heavy atom. The summed E-state index contributed by atoms with van der Waals surface area (Å²) >= 11 is 0. The number of hydrogen-bond acceptors (Lipinski definition) is 5. The van der Waals surface area contributed by atoms with Crippen LogP contribution in [0.5, 0.6) is 0 Å². The van der Waals surface area contributed by atoms with E-state index >= 15 is 0 Å². The second-order valence-electron chi connectivity index (χ2n) is 3.98. The molecule has 0 saturated heterocycles. The van der Waals surface area contributed by atoms with E-state index in [9.17, 15) is 0 Å². The van der Waals surface area contributed by atoms with Gasteiger partial charge in [0.25, 0.3) is 0 Å². The molecule has 1 heterocycles. The van der Waals surface area contributed by atoms with Gasteiger partial charge in [0.1, 0.15) is 11.5 Å². The van der Waals surface area contributed by atoms with Crippen molar-refractivity contribution in [2.75, 3.05) is 13.1 Å². The number of nitrogens with zero attached hydrogens (tertiary/aromatic N) is 3.